The Morgan fingerprint density at radius 2 is 2.06 bits per heavy atom. The monoisotopic (exact) mass is 246 g/mol. The Bertz CT molecular complexity index is 465. The Morgan fingerprint density at radius 3 is 2.78 bits per heavy atom. The van der Waals surface area contributed by atoms with Gasteiger partial charge in [0, 0.05) is 18.6 Å². The van der Waals surface area contributed by atoms with Gasteiger partial charge in [-0.05, 0) is 32.3 Å². The van der Waals surface area contributed by atoms with E-state index in [4.69, 9.17) is 9.15 Å². The molecule has 0 N–H and O–H groups in total. The van der Waals surface area contributed by atoms with Gasteiger partial charge in [0.25, 0.3) is 0 Å². The molecule has 0 spiro atoms. The first kappa shape index (κ1) is 13.2. The van der Waals surface area contributed by atoms with E-state index in [9.17, 15) is 0 Å². The predicted molar refractivity (Wildman–Crippen MR) is 73.9 cm³/mol. The summed E-state index contributed by atoms with van der Waals surface area (Å²) in [6.07, 6.45) is 10.6. The Morgan fingerprint density at radius 1 is 1.28 bits per heavy atom. The predicted octanol–water partition coefficient (Wildman–Crippen LogP) is 4.16. The molecule has 2 heteroatoms. The summed E-state index contributed by atoms with van der Waals surface area (Å²) in [5.41, 5.74) is 3.95. The van der Waals surface area contributed by atoms with Gasteiger partial charge in [0.15, 0.2) is 0 Å². The largest absolute Gasteiger partial charge is 0.468 e. The second-order valence-corrected chi connectivity index (χ2v) is 5.17. The van der Waals surface area contributed by atoms with Crippen molar-refractivity contribution in [3.63, 3.8) is 0 Å². The number of furan rings is 1. The minimum absolute atomic E-state index is 0.168. The minimum Gasteiger partial charge on any atom is -0.468 e. The van der Waals surface area contributed by atoms with Gasteiger partial charge in [0.1, 0.15) is 5.76 Å². The fourth-order valence-corrected chi connectivity index (χ4v) is 2.42. The van der Waals surface area contributed by atoms with Crippen LogP contribution < -0.4 is 0 Å². The van der Waals surface area contributed by atoms with Crippen LogP contribution in [0.3, 0.4) is 0 Å². The number of fused-ring (bicyclic) bond motifs is 1. The van der Waals surface area contributed by atoms with Crippen molar-refractivity contribution in [1.29, 1.82) is 0 Å². The molecule has 0 saturated heterocycles. The molecular formula is C16H22O2. The summed E-state index contributed by atoms with van der Waals surface area (Å²) in [5.74, 6) is 1.39. The normalized spacial score (nSPS) is 29.2. The molecule has 18 heavy (non-hydrogen) atoms. The van der Waals surface area contributed by atoms with Crippen molar-refractivity contribution in [1.82, 2.24) is 0 Å². The van der Waals surface area contributed by atoms with E-state index in [1.807, 2.05) is 6.26 Å². The number of hydrogen-bond donors (Lipinski definition) is 0. The SMILES string of the molecule is COC1/C=C/C(C)c2occ(C)c2C/C=C(\C)C1. The zero-order valence-electron chi connectivity index (χ0n) is 11.7. The van der Waals surface area contributed by atoms with Crippen LogP contribution in [-0.4, -0.2) is 13.2 Å². The standard InChI is InChI=1S/C16H22O2/c1-11-5-8-15-13(3)10-18-16(15)12(2)6-7-14(9-11)17-4/h5-7,10,12,14H,8-9H2,1-4H3/b7-6+,11-5+. The zero-order valence-corrected chi connectivity index (χ0v) is 11.7. The van der Waals surface area contributed by atoms with Gasteiger partial charge in [-0.2, -0.15) is 0 Å². The second-order valence-electron chi connectivity index (χ2n) is 5.17. The van der Waals surface area contributed by atoms with Crippen molar-refractivity contribution in [2.45, 2.75) is 45.6 Å². The summed E-state index contributed by atoms with van der Waals surface area (Å²) in [4.78, 5) is 0. The van der Waals surface area contributed by atoms with Crippen molar-refractivity contribution < 1.29 is 9.15 Å². The molecule has 1 aliphatic carbocycles. The molecule has 2 atom stereocenters. The van der Waals surface area contributed by atoms with E-state index >= 15 is 0 Å². The summed E-state index contributed by atoms with van der Waals surface area (Å²) in [6.45, 7) is 6.45. The highest BCUT2D eigenvalue weighted by Gasteiger charge is 2.16. The van der Waals surface area contributed by atoms with Crippen molar-refractivity contribution >= 4 is 0 Å². The van der Waals surface area contributed by atoms with E-state index in [-0.39, 0.29) is 6.10 Å². The molecule has 0 aromatic carbocycles. The van der Waals surface area contributed by atoms with Crippen LogP contribution in [0.5, 0.6) is 0 Å². The molecule has 1 aromatic rings. The number of allylic oxidation sites excluding steroid dienone is 2. The molecule has 1 aliphatic rings. The minimum atomic E-state index is 0.168. The molecule has 0 radical (unpaired) electrons. The third-order valence-electron chi connectivity index (χ3n) is 3.64. The van der Waals surface area contributed by atoms with E-state index in [2.05, 4.69) is 39.0 Å². The maximum Gasteiger partial charge on any atom is 0.114 e. The summed E-state index contributed by atoms with van der Waals surface area (Å²) in [5, 5.41) is 0. The van der Waals surface area contributed by atoms with E-state index in [1.165, 1.54) is 16.7 Å². The lowest BCUT2D eigenvalue weighted by atomic mass is 9.95. The number of methoxy groups -OCH3 is 1. The van der Waals surface area contributed by atoms with Gasteiger partial charge in [-0.3, -0.25) is 0 Å². The fourth-order valence-electron chi connectivity index (χ4n) is 2.42. The molecule has 0 aliphatic heterocycles. The number of rotatable bonds is 1. The van der Waals surface area contributed by atoms with E-state index in [0.29, 0.717) is 5.92 Å². The average Bonchev–Trinajstić information content (AvgIpc) is 2.72. The number of aryl methyl sites for hydroxylation is 1. The quantitative estimate of drug-likeness (QED) is 0.694. The molecule has 98 valence electrons. The van der Waals surface area contributed by atoms with Crippen LogP contribution in [0, 0.1) is 6.92 Å². The molecule has 1 heterocycles. The van der Waals surface area contributed by atoms with Gasteiger partial charge in [0.2, 0.25) is 0 Å². The van der Waals surface area contributed by atoms with Gasteiger partial charge in [-0.1, -0.05) is 30.7 Å². The van der Waals surface area contributed by atoms with Crippen LogP contribution in [0.1, 0.15) is 43.1 Å². The van der Waals surface area contributed by atoms with Gasteiger partial charge in [-0.25, -0.2) is 0 Å². The highest BCUT2D eigenvalue weighted by Crippen LogP contribution is 2.28. The molecule has 0 fully saturated rings. The van der Waals surface area contributed by atoms with Gasteiger partial charge < -0.3 is 9.15 Å². The van der Waals surface area contributed by atoms with Crippen LogP contribution in [0.4, 0.5) is 0 Å². The second kappa shape index (κ2) is 5.57. The molecule has 2 unspecified atom stereocenters. The highest BCUT2D eigenvalue weighted by molar-refractivity contribution is 5.34. The molecule has 1 aromatic heterocycles. The lowest BCUT2D eigenvalue weighted by Gasteiger charge is -2.15. The third-order valence-corrected chi connectivity index (χ3v) is 3.64. The molecule has 0 amide bonds. The summed E-state index contributed by atoms with van der Waals surface area (Å²) >= 11 is 0. The van der Waals surface area contributed by atoms with Crippen LogP contribution in [0.2, 0.25) is 0 Å². The lowest BCUT2D eigenvalue weighted by Crippen LogP contribution is -2.09. The van der Waals surface area contributed by atoms with Crippen molar-refractivity contribution in [3.8, 4) is 0 Å². The highest BCUT2D eigenvalue weighted by atomic mass is 16.5. The summed E-state index contributed by atoms with van der Waals surface area (Å²) in [6, 6.07) is 0. The Labute approximate surface area is 109 Å². The van der Waals surface area contributed by atoms with Crippen LogP contribution in [0.25, 0.3) is 0 Å². The van der Waals surface area contributed by atoms with E-state index in [1.54, 1.807) is 7.11 Å². The first-order valence-electron chi connectivity index (χ1n) is 6.55. The molecule has 2 rings (SSSR count). The Balaban J connectivity index is 2.38. The van der Waals surface area contributed by atoms with Crippen LogP contribution >= 0.6 is 0 Å². The van der Waals surface area contributed by atoms with Crippen LogP contribution in [0.15, 0.2) is 34.5 Å². The third kappa shape index (κ3) is 2.75. The smallest absolute Gasteiger partial charge is 0.114 e. The summed E-state index contributed by atoms with van der Waals surface area (Å²) in [7, 11) is 1.77. The first-order valence-corrected chi connectivity index (χ1v) is 6.55. The first-order chi connectivity index (χ1) is 8.61. The van der Waals surface area contributed by atoms with Crippen molar-refractivity contribution in [3.05, 3.63) is 47.0 Å². The van der Waals surface area contributed by atoms with Crippen LogP contribution in [-0.2, 0) is 11.2 Å². The topological polar surface area (TPSA) is 22.4 Å². The van der Waals surface area contributed by atoms with E-state index in [0.717, 1.165) is 18.6 Å². The zero-order chi connectivity index (χ0) is 13.1. The van der Waals surface area contributed by atoms with Crippen molar-refractivity contribution in [2.24, 2.45) is 0 Å². The molecular weight excluding hydrogens is 224 g/mol. The average molecular weight is 246 g/mol. The number of hydrogen-bond acceptors (Lipinski definition) is 2. The lowest BCUT2D eigenvalue weighted by molar-refractivity contribution is 0.141. The fraction of sp³-hybridized carbons (Fsp3) is 0.500. The maximum absolute atomic E-state index is 5.71. The number of ether oxygens (including phenoxy) is 1. The Kier molecular flexibility index (Phi) is 4.07. The van der Waals surface area contributed by atoms with Gasteiger partial charge >= 0.3 is 0 Å². The maximum atomic E-state index is 5.71. The summed E-state index contributed by atoms with van der Waals surface area (Å²) < 4.78 is 11.2. The van der Waals surface area contributed by atoms with E-state index < -0.39 is 0 Å². The molecule has 2 nitrogen and oxygen atoms in total. The van der Waals surface area contributed by atoms with Gasteiger partial charge in [-0.15, -0.1) is 0 Å². The van der Waals surface area contributed by atoms with Crippen molar-refractivity contribution in [2.75, 3.05) is 7.11 Å². The molecule has 0 saturated carbocycles. The Hall–Kier alpha value is -1.28. The van der Waals surface area contributed by atoms with Gasteiger partial charge in [0.05, 0.1) is 12.4 Å². The molecule has 0 bridgehead atoms.